The van der Waals surface area contributed by atoms with E-state index in [1.54, 1.807) is 11.3 Å². The molecule has 0 aliphatic heterocycles. The van der Waals surface area contributed by atoms with E-state index in [9.17, 15) is 13.2 Å². The van der Waals surface area contributed by atoms with Crippen LogP contribution in [-0.2, 0) is 15.3 Å². The molecule has 2 aromatic rings. The van der Waals surface area contributed by atoms with Gasteiger partial charge in [-0.05, 0) is 50.3 Å². The minimum atomic E-state index is -3.32. The lowest BCUT2D eigenvalue weighted by atomic mass is 9.39. The Morgan fingerprint density at radius 3 is 2.47 bits per heavy atom. The number of nitrogens with zero attached hydrogens (tertiary/aromatic N) is 1. The minimum absolute atomic E-state index is 0.0185. The summed E-state index contributed by atoms with van der Waals surface area (Å²) in [5.74, 6) is 0. The summed E-state index contributed by atoms with van der Waals surface area (Å²) in [4.78, 5) is 17.1. The van der Waals surface area contributed by atoms with Crippen LogP contribution < -0.4 is 10.6 Å². The monoisotopic (exact) mass is 490 g/mol. The van der Waals surface area contributed by atoms with E-state index >= 15 is 0 Å². The number of amides is 2. The fourth-order valence-electron chi connectivity index (χ4n) is 5.00. The van der Waals surface area contributed by atoms with Crippen LogP contribution in [0.2, 0.25) is 5.02 Å². The van der Waals surface area contributed by atoms with Crippen LogP contribution in [0.25, 0.3) is 11.3 Å². The Bertz CT molecular complexity index is 1230. The fraction of sp³-hybridized carbons (Fsp3) is 0.409. The highest BCUT2D eigenvalue weighted by atomic mass is 35.5. The second kappa shape index (κ2) is 7.13. The Balaban J connectivity index is 1.14. The van der Waals surface area contributed by atoms with Gasteiger partial charge in [0, 0.05) is 39.4 Å². The summed E-state index contributed by atoms with van der Waals surface area (Å²) in [6.07, 6.45) is 7.37. The molecule has 4 fully saturated rings. The third-order valence-electron chi connectivity index (χ3n) is 6.88. The summed E-state index contributed by atoms with van der Waals surface area (Å²) in [5.41, 5.74) is 1.85. The van der Waals surface area contributed by atoms with E-state index < -0.39 is 14.6 Å². The molecule has 0 unspecified atom stereocenters. The van der Waals surface area contributed by atoms with Crippen LogP contribution in [0, 0.1) is 5.41 Å². The number of carbonyl (C=O) groups excluding carboxylic acids is 1. The van der Waals surface area contributed by atoms with Gasteiger partial charge in [-0.2, -0.15) is 0 Å². The average Bonchev–Trinajstić information content (AvgIpc) is 3.37. The highest BCUT2D eigenvalue weighted by Crippen LogP contribution is 2.68. The maximum absolute atomic E-state index is 12.3. The molecule has 0 radical (unpaired) electrons. The first-order chi connectivity index (χ1) is 15.1. The normalized spacial score (nSPS) is 27.3. The van der Waals surface area contributed by atoms with Gasteiger partial charge >= 0.3 is 6.03 Å². The van der Waals surface area contributed by atoms with E-state index in [4.69, 9.17) is 22.0 Å². The van der Waals surface area contributed by atoms with Crippen molar-refractivity contribution in [2.75, 3.05) is 6.26 Å². The van der Waals surface area contributed by atoms with E-state index in [1.807, 2.05) is 24.3 Å². The standard InChI is InChI=1S/C22H23ClN4O3S2/c1-32(29,30)22(7-8-22)17(24)6-9-25-19(28)27-21-11-20(12-21,13-21)18-26-16(10-31-18)14-2-4-15(23)5-3-14/h2-6,9-10,24H,7-8,11-13H2,1H3,(H2,25,27,28)/b9-6-,24-17?. The topological polar surface area (TPSA) is 112 Å². The van der Waals surface area contributed by atoms with Crippen LogP contribution >= 0.6 is 22.9 Å². The zero-order chi connectivity index (χ0) is 22.8. The van der Waals surface area contributed by atoms with Crippen molar-refractivity contribution in [2.24, 2.45) is 0 Å². The van der Waals surface area contributed by atoms with Crippen LogP contribution in [0.15, 0.2) is 41.9 Å². The molecule has 168 valence electrons. The van der Waals surface area contributed by atoms with Crippen molar-refractivity contribution in [1.82, 2.24) is 15.6 Å². The number of sulfone groups is 1. The predicted octanol–water partition coefficient (Wildman–Crippen LogP) is 4.05. The van der Waals surface area contributed by atoms with Gasteiger partial charge in [0.05, 0.1) is 16.4 Å². The number of thiazole rings is 1. The first kappa shape index (κ1) is 21.6. The van der Waals surface area contributed by atoms with Crippen molar-refractivity contribution < 1.29 is 13.2 Å². The molecule has 4 aliphatic carbocycles. The molecule has 0 saturated heterocycles. The molecule has 4 aliphatic rings. The maximum Gasteiger partial charge on any atom is 0.319 e. The highest BCUT2D eigenvalue weighted by Gasteiger charge is 2.70. The first-order valence-corrected chi connectivity index (χ1v) is 13.5. The van der Waals surface area contributed by atoms with Gasteiger partial charge in [0.25, 0.3) is 0 Å². The molecule has 6 rings (SSSR count). The summed E-state index contributed by atoms with van der Waals surface area (Å²) in [5, 5.41) is 17.5. The number of urea groups is 1. The number of nitrogens with one attached hydrogen (secondary N) is 3. The molecule has 4 saturated carbocycles. The molecule has 32 heavy (non-hydrogen) atoms. The molecular formula is C22H23ClN4O3S2. The van der Waals surface area contributed by atoms with Gasteiger partial charge in [0.1, 0.15) is 4.75 Å². The molecule has 1 aromatic carbocycles. The quantitative estimate of drug-likeness (QED) is 0.508. The third-order valence-corrected chi connectivity index (χ3v) is 10.3. The van der Waals surface area contributed by atoms with Gasteiger partial charge in [-0.3, -0.25) is 0 Å². The fourth-order valence-corrected chi connectivity index (χ4v) is 7.47. The van der Waals surface area contributed by atoms with Gasteiger partial charge in [-0.1, -0.05) is 23.7 Å². The van der Waals surface area contributed by atoms with Crippen molar-refractivity contribution in [3.05, 3.63) is 52.0 Å². The van der Waals surface area contributed by atoms with Crippen molar-refractivity contribution in [3.8, 4) is 11.3 Å². The Hall–Kier alpha value is -2.23. The number of hydrogen-bond donors (Lipinski definition) is 3. The smallest absolute Gasteiger partial charge is 0.319 e. The Morgan fingerprint density at radius 2 is 1.88 bits per heavy atom. The number of allylic oxidation sites excluding steroid dienone is 1. The van der Waals surface area contributed by atoms with Crippen molar-refractivity contribution in [2.45, 2.75) is 47.8 Å². The molecule has 1 aromatic heterocycles. The molecule has 1 heterocycles. The molecule has 2 bridgehead atoms. The maximum atomic E-state index is 12.3. The van der Waals surface area contributed by atoms with Crippen molar-refractivity contribution in [1.29, 1.82) is 5.41 Å². The number of aromatic nitrogens is 1. The highest BCUT2D eigenvalue weighted by molar-refractivity contribution is 7.93. The minimum Gasteiger partial charge on any atom is -0.332 e. The van der Waals surface area contributed by atoms with Gasteiger partial charge < -0.3 is 16.0 Å². The van der Waals surface area contributed by atoms with Gasteiger partial charge in [-0.25, -0.2) is 18.2 Å². The largest absolute Gasteiger partial charge is 0.332 e. The lowest BCUT2D eigenvalue weighted by Gasteiger charge is -2.69. The van der Waals surface area contributed by atoms with Crippen LogP contribution in [0.5, 0.6) is 0 Å². The lowest BCUT2D eigenvalue weighted by Crippen LogP contribution is -2.77. The number of hydrogen-bond acceptors (Lipinski definition) is 6. The molecule has 0 atom stereocenters. The van der Waals surface area contributed by atoms with Crippen LogP contribution in [0.1, 0.15) is 37.1 Å². The summed E-state index contributed by atoms with van der Waals surface area (Å²) in [7, 11) is -3.32. The molecule has 3 N–H and O–H groups in total. The van der Waals surface area contributed by atoms with E-state index in [-0.39, 0.29) is 22.7 Å². The van der Waals surface area contributed by atoms with Crippen LogP contribution in [-0.4, -0.2) is 41.7 Å². The van der Waals surface area contributed by atoms with Gasteiger partial charge in [-0.15, -0.1) is 11.3 Å². The number of halogens is 1. The van der Waals surface area contributed by atoms with Crippen LogP contribution in [0.4, 0.5) is 4.79 Å². The Morgan fingerprint density at radius 1 is 1.22 bits per heavy atom. The summed E-state index contributed by atoms with van der Waals surface area (Å²) >= 11 is 7.62. The molecule has 7 nitrogen and oxygen atoms in total. The SMILES string of the molecule is CS(=O)(=O)C1(C(=N)/C=C\NC(=O)NC23CC(c4nc(-c5ccc(Cl)cc5)cs4)(C2)C3)CC1. The predicted molar refractivity (Wildman–Crippen MR) is 126 cm³/mol. The van der Waals surface area contributed by atoms with E-state index in [1.165, 1.54) is 12.3 Å². The van der Waals surface area contributed by atoms with Gasteiger partial charge in [0.15, 0.2) is 9.84 Å². The second-order valence-electron chi connectivity index (χ2n) is 9.25. The Kier molecular flexibility index (Phi) is 4.82. The second-order valence-corrected chi connectivity index (χ2v) is 12.9. The average molecular weight is 491 g/mol. The zero-order valence-electron chi connectivity index (χ0n) is 17.4. The summed E-state index contributed by atoms with van der Waals surface area (Å²) in [6, 6.07) is 7.30. The Labute approximate surface area is 195 Å². The van der Waals surface area contributed by atoms with Gasteiger partial charge in [0.2, 0.25) is 0 Å². The van der Waals surface area contributed by atoms with Crippen LogP contribution in [0.3, 0.4) is 0 Å². The lowest BCUT2D eigenvalue weighted by molar-refractivity contribution is -0.0786. The van der Waals surface area contributed by atoms with E-state index in [0.29, 0.717) is 17.9 Å². The summed E-state index contributed by atoms with van der Waals surface area (Å²) in [6.45, 7) is 0. The number of carbonyl (C=O) groups is 1. The number of benzene rings is 1. The van der Waals surface area contributed by atoms with E-state index in [0.717, 1.165) is 41.8 Å². The third kappa shape index (κ3) is 3.47. The van der Waals surface area contributed by atoms with Crippen molar-refractivity contribution >= 4 is 44.5 Å². The summed E-state index contributed by atoms with van der Waals surface area (Å²) < 4.78 is 22.6. The van der Waals surface area contributed by atoms with Crippen molar-refractivity contribution in [3.63, 3.8) is 0 Å². The molecule has 0 spiro atoms. The van der Waals surface area contributed by atoms with E-state index in [2.05, 4.69) is 16.0 Å². The molecule has 10 heteroatoms. The molecule has 2 amide bonds. The first-order valence-electron chi connectivity index (χ1n) is 10.3. The molecular weight excluding hydrogens is 468 g/mol. The number of rotatable bonds is 7. The zero-order valence-corrected chi connectivity index (χ0v) is 19.8.